The van der Waals surface area contributed by atoms with E-state index in [1.54, 1.807) is 0 Å². The predicted octanol–water partition coefficient (Wildman–Crippen LogP) is 7.30. The van der Waals surface area contributed by atoms with E-state index < -0.39 is 0 Å². The molecule has 0 bridgehead atoms. The number of hydrogen-bond donors (Lipinski definition) is 0. The largest absolute Gasteiger partial charge is 0.0622 e. The molecule has 0 N–H and O–H groups in total. The molecular weight excluding hydrogens is 300 g/mol. The van der Waals surface area contributed by atoms with Gasteiger partial charge < -0.3 is 0 Å². The SMILES string of the molecule is CC(C)c1ccc2cccc(-c3ccc(-c4ccccc4)cc3)c2c1. The van der Waals surface area contributed by atoms with Crippen molar-refractivity contribution in [2.45, 2.75) is 19.8 Å². The fourth-order valence-corrected chi connectivity index (χ4v) is 3.37. The van der Waals surface area contributed by atoms with Crippen LogP contribution in [0.5, 0.6) is 0 Å². The summed E-state index contributed by atoms with van der Waals surface area (Å²) >= 11 is 0. The van der Waals surface area contributed by atoms with Crippen LogP contribution >= 0.6 is 0 Å². The van der Waals surface area contributed by atoms with Crippen LogP contribution in [0.3, 0.4) is 0 Å². The van der Waals surface area contributed by atoms with Crippen molar-refractivity contribution in [2.24, 2.45) is 0 Å². The minimum Gasteiger partial charge on any atom is -0.0622 e. The van der Waals surface area contributed by atoms with Gasteiger partial charge in [0.05, 0.1) is 0 Å². The second kappa shape index (κ2) is 6.57. The molecule has 0 aliphatic heterocycles. The van der Waals surface area contributed by atoms with Crippen molar-refractivity contribution in [1.82, 2.24) is 0 Å². The normalized spacial score (nSPS) is 11.2. The molecule has 0 heteroatoms. The standard InChI is InChI=1S/C25H22/c1-18(2)23-16-15-21-9-6-10-24(25(21)17-23)22-13-11-20(12-14-22)19-7-4-3-5-8-19/h3-18H,1-2H3. The molecule has 0 aliphatic rings. The van der Waals surface area contributed by atoms with E-state index in [2.05, 4.69) is 105 Å². The molecule has 0 fully saturated rings. The van der Waals surface area contributed by atoms with E-state index in [0.29, 0.717) is 5.92 Å². The summed E-state index contributed by atoms with van der Waals surface area (Å²) in [6, 6.07) is 32.8. The summed E-state index contributed by atoms with van der Waals surface area (Å²) in [6.07, 6.45) is 0. The second-order valence-electron chi connectivity index (χ2n) is 6.88. The minimum atomic E-state index is 0.540. The molecule has 4 aromatic rings. The van der Waals surface area contributed by atoms with Crippen molar-refractivity contribution in [3.63, 3.8) is 0 Å². The van der Waals surface area contributed by atoms with Gasteiger partial charge in [0.2, 0.25) is 0 Å². The lowest BCUT2D eigenvalue weighted by Gasteiger charge is -2.12. The first-order chi connectivity index (χ1) is 12.2. The first-order valence-corrected chi connectivity index (χ1v) is 8.91. The van der Waals surface area contributed by atoms with E-state index in [0.717, 1.165) is 0 Å². The molecule has 25 heavy (non-hydrogen) atoms. The van der Waals surface area contributed by atoms with E-state index in [9.17, 15) is 0 Å². The van der Waals surface area contributed by atoms with Gasteiger partial charge in [-0.15, -0.1) is 0 Å². The van der Waals surface area contributed by atoms with Gasteiger partial charge in [-0.3, -0.25) is 0 Å². The lowest BCUT2D eigenvalue weighted by Crippen LogP contribution is -1.88. The summed E-state index contributed by atoms with van der Waals surface area (Å²) in [5.74, 6) is 0.540. The molecular formula is C25H22. The average molecular weight is 322 g/mol. The molecule has 0 saturated carbocycles. The zero-order valence-corrected chi connectivity index (χ0v) is 14.7. The minimum absolute atomic E-state index is 0.540. The van der Waals surface area contributed by atoms with Crippen LogP contribution in [-0.4, -0.2) is 0 Å². The fraction of sp³-hybridized carbons (Fsp3) is 0.120. The molecule has 0 unspecified atom stereocenters. The Labute approximate surface area is 149 Å². The topological polar surface area (TPSA) is 0 Å². The molecule has 0 aliphatic carbocycles. The Kier molecular flexibility index (Phi) is 4.11. The van der Waals surface area contributed by atoms with Crippen molar-refractivity contribution in [2.75, 3.05) is 0 Å². The van der Waals surface area contributed by atoms with Crippen LogP contribution in [0, 0.1) is 0 Å². The molecule has 4 rings (SSSR count). The summed E-state index contributed by atoms with van der Waals surface area (Å²) < 4.78 is 0. The van der Waals surface area contributed by atoms with E-state index in [1.807, 2.05) is 0 Å². The molecule has 0 saturated heterocycles. The lowest BCUT2D eigenvalue weighted by atomic mass is 9.93. The van der Waals surface area contributed by atoms with Gasteiger partial charge in [-0.05, 0) is 44.5 Å². The van der Waals surface area contributed by atoms with Gasteiger partial charge in [-0.2, -0.15) is 0 Å². The van der Waals surface area contributed by atoms with E-state index >= 15 is 0 Å². The highest BCUT2D eigenvalue weighted by Crippen LogP contribution is 2.32. The molecule has 0 aromatic heterocycles. The first-order valence-electron chi connectivity index (χ1n) is 8.91. The zero-order chi connectivity index (χ0) is 17.2. The smallest absolute Gasteiger partial charge is 0.0103 e. The highest BCUT2D eigenvalue weighted by atomic mass is 14.1. The van der Waals surface area contributed by atoms with Crippen molar-refractivity contribution in [1.29, 1.82) is 0 Å². The van der Waals surface area contributed by atoms with Gasteiger partial charge in [0, 0.05) is 0 Å². The number of hydrogen-bond acceptors (Lipinski definition) is 0. The quantitative estimate of drug-likeness (QED) is 0.371. The summed E-state index contributed by atoms with van der Waals surface area (Å²) in [6.45, 7) is 4.50. The Balaban J connectivity index is 1.80. The summed E-state index contributed by atoms with van der Waals surface area (Å²) in [5, 5.41) is 2.63. The highest BCUT2D eigenvalue weighted by Gasteiger charge is 2.07. The molecule has 4 aromatic carbocycles. The third kappa shape index (κ3) is 3.08. The lowest BCUT2D eigenvalue weighted by molar-refractivity contribution is 0.869. The Morgan fingerprint density at radius 2 is 1.24 bits per heavy atom. The molecule has 0 spiro atoms. The van der Waals surface area contributed by atoms with Gasteiger partial charge in [0.1, 0.15) is 0 Å². The van der Waals surface area contributed by atoms with Crippen molar-refractivity contribution >= 4 is 10.8 Å². The van der Waals surface area contributed by atoms with Crippen LogP contribution in [0.4, 0.5) is 0 Å². The molecule has 0 radical (unpaired) electrons. The number of benzene rings is 4. The monoisotopic (exact) mass is 322 g/mol. The predicted molar refractivity (Wildman–Crippen MR) is 109 cm³/mol. The van der Waals surface area contributed by atoms with Crippen molar-refractivity contribution in [3.05, 3.63) is 96.6 Å². The van der Waals surface area contributed by atoms with E-state index in [-0.39, 0.29) is 0 Å². The maximum absolute atomic E-state index is 2.35. The van der Waals surface area contributed by atoms with Crippen molar-refractivity contribution < 1.29 is 0 Å². The highest BCUT2D eigenvalue weighted by molar-refractivity contribution is 5.97. The van der Waals surface area contributed by atoms with Gasteiger partial charge in [-0.1, -0.05) is 105 Å². The van der Waals surface area contributed by atoms with Crippen LogP contribution in [0.1, 0.15) is 25.3 Å². The molecule has 0 heterocycles. The molecule has 122 valence electrons. The third-order valence-electron chi connectivity index (χ3n) is 4.88. The van der Waals surface area contributed by atoms with E-state index in [4.69, 9.17) is 0 Å². The summed E-state index contributed by atoms with van der Waals surface area (Å²) in [4.78, 5) is 0. The van der Waals surface area contributed by atoms with Crippen LogP contribution < -0.4 is 0 Å². The summed E-state index contributed by atoms with van der Waals surface area (Å²) in [7, 11) is 0. The van der Waals surface area contributed by atoms with Crippen LogP contribution in [0.2, 0.25) is 0 Å². The maximum atomic E-state index is 2.35. The third-order valence-corrected chi connectivity index (χ3v) is 4.88. The Bertz CT molecular complexity index is 993. The van der Waals surface area contributed by atoms with Crippen LogP contribution in [0.25, 0.3) is 33.0 Å². The maximum Gasteiger partial charge on any atom is -0.0103 e. The zero-order valence-electron chi connectivity index (χ0n) is 14.7. The van der Waals surface area contributed by atoms with Gasteiger partial charge in [-0.25, -0.2) is 0 Å². The number of rotatable bonds is 3. The van der Waals surface area contributed by atoms with Gasteiger partial charge >= 0.3 is 0 Å². The van der Waals surface area contributed by atoms with Gasteiger partial charge in [0.25, 0.3) is 0 Å². The number of fused-ring (bicyclic) bond motifs is 1. The van der Waals surface area contributed by atoms with Crippen LogP contribution in [0.15, 0.2) is 91.0 Å². The Hall–Kier alpha value is -2.86. The average Bonchev–Trinajstić information content (AvgIpc) is 2.68. The first kappa shape index (κ1) is 15.7. The Morgan fingerprint density at radius 3 is 1.96 bits per heavy atom. The molecule has 0 atom stereocenters. The fourth-order valence-electron chi connectivity index (χ4n) is 3.37. The summed E-state index contributed by atoms with van der Waals surface area (Å²) in [5.41, 5.74) is 6.48. The second-order valence-corrected chi connectivity index (χ2v) is 6.88. The van der Waals surface area contributed by atoms with Gasteiger partial charge in [0.15, 0.2) is 0 Å². The van der Waals surface area contributed by atoms with Crippen LogP contribution in [-0.2, 0) is 0 Å². The van der Waals surface area contributed by atoms with Crippen molar-refractivity contribution in [3.8, 4) is 22.3 Å². The van der Waals surface area contributed by atoms with E-state index in [1.165, 1.54) is 38.6 Å². The molecule has 0 amide bonds. The molecule has 0 nitrogen and oxygen atoms in total. The Morgan fingerprint density at radius 1 is 0.560 bits per heavy atom.